The number of nitrogens with one attached hydrogen (secondary N) is 1. The normalized spacial score (nSPS) is 10.9. The van der Waals surface area contributed by atoms with Crippen LogP contribution in [-0.4, -0.2) is 17.1 Å². The fraction of sp³-hybridized carbons (Fsp3) is 0.0952. The van der Waals surface area contributed by atoms with Gasteiger partial charge in [0.05, 0.1) is 18.5 Å². The second-order valence-electron chi connectivity index (χ2n) is 5.82. The van der Waals surface area contributed by atoms with Gasteiger partial charge in [0.1, 0.15) is 5.75 Å². The van der Waals surface area contributed by atoms with E-state index < -0.39 is 0 Å². The quantitative estimate of drug-likeness (QED) is 0.563. The summed E-state index contributed by atoms with van der Waals surface area (Å²) >= 11 is 0. The Morgan fingerprint density at radius 2 is 1.71 bits per heavy atom. The Morgan fingerprint density at radius 3 is 2.46 bits per heavy atom. The molecule has 4 rings (SSSR count). The smallest absolute Gasteiger partial charge is 0.118 e. The minimum absolute atomic E-state index is 0.856. The minimum Gasteiger partial charge on any atom is -0.497 e. The molecule has 0 fully saturated rings. The van der Waals surface area contributed by atoms with Gasteiger partial charge in [-0.1, -0.05) is 36.4 Å². The third-order valence-corrected chi connectivity index (χ3v) is 4.33. The van der Waals surface area contributed by atoms with E-state index in [4.69, 9.17) is 4.74 Å². The van der Waals surface area contributed by atoms with Crippen molar-refractivity contribution in [2.45, 2.75) is 6.92 Å². The fourth-order valence-electron chi connectivity index (χ4n) is 3.12. The van der Waals surface area contributed by atoms with Crippen LogP contribution in [-0.2, 0) is 0 Å². The molecule has 0 unspecified atom stereocenters. The summed E-state index contributed by atoms with van der Waals surface area (Å²) in [4.78, 5) is 8.16. The predicted octanol–water partition coefficient (Wildman–Crippen LogP) is 5.21. The van der Waals surface area contributed by atoms with Gasteiger partial charge in [0.15, 0.2) is 0 Å². The number of nitrogens with zero attached hydrogens (tertiary/aromatic N) is 1. The molecule has 24 heavy (non-hydrogen) atoms. The summed E-state index contributed by atoms with van der Waals surface area (Å²) in [7, 11) is 1.68. The first-order valence-corrected chi connectivity index (χ1v) is 7.95. The summed E-state index contributed by atoms with van der Waals surface area (Å²) in [6, 6.07) is 20.6. The first-order valence-electron chi connectivity index (χ1n) is 7.95. The maximum Gasteiger partial charge on any atom is 0.118 e. The molecule has 0 bridgehead atoms. The molecule has 4 aromatic rings. The van der Waals surface area contributed by atoms with E-state index in [0.29, 0.717) is 0 Å². The van der Waals surface area contributed by atoms with Crippen LogP contribution >= 0.6 is 0 Å². The van der Waals surface area contributed by atoms with Crippen LogP contribution in [0.3, 0.4) is 0 Å². The number of aryl methyl sites for hydroxylation is 1. The maximum atomic E-state index is 5.29. The number of aromatic amines is 1. The lowest BCUT2D eigenvalue weighted by atomic mass is 9.99. The molecule has 0 aliphatic heterocycles. The molecule has 0 aliphatic carbocycles. The van der Waals surface area contributed by atoms with Crippen LogP contribution in [0.5, 0.6) is 5.75 Å². The molecule has 0 saturated heterocycles. The highest BCUT2D eigenvalue weighted by molar-refractivity contribution is 6.03. The van der Waals surface area contributed by atoms with Crippen molar-refractivity contribution in [1.82, 2.24) is 9.97 Å². The highest BCUT2D eigenvalue weighted by atomic mass is 16.5. The molecular formula is C21H18N2O. The summed E-state index contributed by atoms with van der Waals surface area (Å²) < 4.78 is 5.29. The van der Waals surface area contributed by atoms with E-state index in [0.717, 1.165) is 33.8 Å². The number of aromatic nitrogens is 2. The average molecular weight is 314 g/mol. The van der Waals surface area contributed by atoms with Crippen LogP contribution in [0, 0.1) is 6.92 Å². The SMILES string of the molecule is COc1ccc(-c2c(-c3ncccc3C)[nH]c3ccccc23)cc1. The Morgan fingerprint density at radius 1 is 0.917 bits per heavy atom. The van der Waals surface area contributed by atoms with Crippen LogP contribution < -0.4 is 4.74 Å². The predicted molar refractivity (Wildman–Crippen MR) is 98.3 cm³/mol. The zero-order valence-corrected chi connectivity index (χ0v) is 13.7. The Labute approximate surface area is 140 Å². The first-order chi connectivity index (χ1) is 11.8. The van der Waals surface area contributed by atoms with E-state index in [2.05, 4.69) is 53.3 Å². The summed E-state index contributed by atoms with van der Waals surface area (Å²) in [5, 5.41) is 1.20. The van der Waals surface area contributed by atoms with Gasteiger partial charge in [0.2, 0.25) is 0 Å². The molecule has 118 valence electrons. The second kappa shape index (κ2) is 5.85. The van der Waals surface area contributed by atoms with E-state index in [9.17, 15) is 0 Å². The first kappa shape index (κ1) is 14.5. The molecular weight excluding hydrogens is 296 g/mol. The summed E-state index contributed by atoms with van der Waals surface area (Å²) in [5.41, 5.74) is 6.63. The van der Waals surface area contributed by atoms with E-state index in [1.54, 1.807) is 7.11 Å². The largest absolute Gasteiger partial charge is 0.497 e. The summed E-state index contributed by atoms with van der Waals surface area (Å²) in [5.74, 6) is 0.856. The van der Waals surface area contributed by atoms with Crippen LogP contribution in [0.2, 0.25) is 0 Å². The van der Waals surface area contributed by atoms with Crippen LogP contribution in [0.4, 0.5) is 0 Å². The molecule has 0 atom stereocenters. The molecule has 0 radical (unpaired) electrons. The number of H-pyrrole nitrogens is 1. The van der Waals surface area contributed by atoms with Gasteiger partial charge in [-0.15, -0.1) is 0 Å². The van der Waals surface area contributed by atoms with Gasteiger partial charge in [-0.25, -0.2) is 0 Å². The van der Waals surface area contributed by atoms with Crippen molar-refractivity contribution in [2.75, 3.05) is 7.11 Å². The van der Waals surface area contributed by atoms with Crippen molar-refractivity contribution in [2.24, 2.45) is 0 Å². The number of hydrogen-bond donors (Lipinski definition) is 1. The van der Waals surface area contributed by atoms with Crippen molar-refractivity contribution in [3.8, 4) is 28.3 Å². The van der Waals surface area contributed by atoms with E-state index in [1.807, 2.05) is 30.5 Å². The zero-order chi connectivity index (χ0) is 16.5. The van der Waals surface area contributed by atoms with Crippen LogP contribution in [0.1, 0.15) is 5.56 Å². The Balaban J connectivity index is 2.01. The lowest BCUT2D eigenvalue weighted by Gasteiger charge is -2.08. The number of benzene rings is 2. The van der Waals surface area contributed by atoms with Crippen molar-refractivity contribution < 1.29 is 4.74 Å². The topological polar surface area (TPSA) is 37.9 Å². The third kappa shape index (κ3) is 2.35. The highest BCUT2D eigenvalue weighted by Gasteiger charge is 2.17. The molecule has 0 aliphatic rings. The standard InChI is InChI=1S/C21H18N2O/c1-14-6-5-13-22-20(14)21-19(15-9-11-16(24-2)12-10-15)17-7-3-4-8-18(17)23-21/h3-13,23H,1-2H3. The molecule has 1 N–H and O–H groups in total. The number of rotatable bonds is 3. The van der Waals surface area contributed by atoms with Crippen LogP contribution in [0.25, 0.3) is 33.4 Å². The molecule has 0 amide bonds. The monoisotopic (exact) mass is 314 g/mol. The van der Waals surface area contributed by atoms with Crippen molar-refractivity contribution in [3.05, 3.63) is 72.4 Å². The van der Waals surface area contributed by atoms with Crippen LogP contribution in [0.15, 0.2) is 66.9 Å². The van der Waals surface area contributed by atoms with Crippen molar-refractivity contribution in [3.63, 3.8) is 0 Å². The minimum atomic E-state index is 0.856. The van der Waals surface area contributed by atoms with E-state index >= 15 is 0 Å². The van der Waals surface area contributed by atoms with Gasteiger partial charge in [0, 0.05) is 22.7 Å². The summed E-state index contributed by atoms with van der Waals surface area (Å²) in [6.07, 6.45) is 1.84. The molecule has 2 heterocycles. The Bertz CT molecular complexity index is 1000. The number of para-hydroxylation sites is 1. The lowest BCUT2D eigenvalue weighted by Crippen LogP contribution is -1.90. The van der Waals surface area contributed by atoms with E-state index in [1.165, 1.54) is 10.9 Å². The van der Waals surface area contributed by atoms with Crippen molar-refractivity contribution >= 4 is 10.9 Å². The number of methoxy groups -OCH3 is 1. The average Bonchev–Trinajstić information content (AvgIpc) is 3.01. The number of ether oxygens (including phenoxy) is 1. The second-order valence-corrected chi connectivity index (χ2v) is 5.82. The van der Waals surface area contributed by atoms with Gasteiger partial charge in [-0.05, 0) is 42.3 Å². The zero-order valence-electron chi connectivity index (χ0n) is 13.7. The van der Waals surface area contributed by atoms with Gasteiger partial charge in [-0.3, -0.25) is 4.98 Å². The molecule has 2 aromatic carbocycles. The van der Waals surface area contributed by atoms with Gasteiger partial charge < -0.3 is 9.72 Å². The Kier molecular flexibility index (Phi) is 3.54. The van der Waals surface area contributed by atoms with Crippen molar-refractivity contribution in [1.29, 1.82) is 0 Å². The number of hydrogen-bond acceptors (Lipinski definition) is 2. The van der Waals surface area contributed by atoms with Gasteiger partial charge in [0.25, 0.3) is 0 Å². The highest BCUT2D eigenvalue weighted by Crippen LogP contribution is 2.38. The number of pyridine rings is 1. The maximum absolute atomic E-state index is 5.29. The lowest BCUT2D eigenvalue weighted by molar-refractivity contribution is 0.415. The molecule has 0 spiro atoms. The van der Waals surface area contributed by atoms with Gasteiger partial charge >= 0.3 is 0 Å². The number of fused-ring (bicyclic) bond motifs is 1. The molecule has 0 saturated carbocycles. The molecule has 3 heteroatoms. The Hall–Kier alpha value is -3.07. The van der Waals surface area contributed by atoms with Gasteiger partial charge in [-0.2, -0.15) is 0 Å². The fourth-order valence-corrected chi connectivity index (χ4v) is 3.12. The molecule has 3 nitrogen and oxygen atoms in total. The third-order valence-electron chi connectivity index (χ3n) is 4.33. The summed E-state index contributed by atoms with van der Waals surface area (Å²) in [6.45, 7) is 2.09. The van der Waals surface area contributed by atoms with E-state index in [-0.39, 0.29) is 0 Å². The molecule has 2 aromatic heterocycles.